The van der Waals surface area contributed by atoms with Crippen LogP contribution in [0.25, 0.3) is 0 Å². The predicted molar refractivity (Wildman–Crippen MR) is 101 cm³/mol. The first-order valence-electron chi connectivity index (χ1n) is 8.75. The second-order valence-electron chi connectivity index (χ2n) is 7.19. The van der Waals surface area contributed by atoms with Crippen molar-refractivity contribution in [1.82, 2.24) is 4.90 Å². The second-order valence-corrected chi connectivity index (χ2v) is 8.11. The van der Waals surface area contributed by atoms with Crippen molar-refractivity contribution in [3.05, 3.63) is 58.2 Å². The average Bonchev–Trinajstić information content (AvgIpc) is 3.50. The van der Waals surface area contributed by atoms with E-state index in [-0.39, 0.29) is 11.7 Å². The van der Waals surface area contributed by atoms with Gasteiger partial charge in [-0.3, -0.25) is 4.79 Å². The molecule has 5 nitrogen and oxygen atoms in total. The van der Waals surface area contributed by atoms with Crippen molar-refractivity contribution >= 4 is 21.7 Å². The van der Waals surface area contributed by atoms with Crippen LogP contribution in [0.4, 0.5) is 0 Å². The molecule has 27 heavy (non-hydrogen) atoms. The van der Waals surface area contributed by atoms with Crippen LogP contribution in [0.2, 0.25) is 0 Å². The van der Waals surface area contributed by atoms with Gasteiger partial charge in [0.05, 0.1) is 29.8 Å². The number of carbonyl (C=O) groups excluding carboxylic acids is 1. The quantitative estimate of drug-likeness (QED) is 0.747. The first-order valence-corrected chi connectivity index (χ1v) is 9.54. The highest BCUT2D eigenvalue weighted by molar-refractivity contribution is 9.10. The zero-order chi connectivity index (χ0) is 19.2. The van der Waals surface area contributed by atoms with Crippen LogP contribution in [-0.2, 0) is 4.79 Å². The van der Waals surface area contributed by atoms with Gasteiger partial charge in [0.1, 0.15) is 6.07 Å². The van der Waals surface area contributed by atoms with Crippen molar-refractivity contribution in [2.24, 2.45) is 11.3 Å². The summed E-state index contributed by atoms with van der Waals surface area (Å²) in [5.74, 6) is -0.548. The lowest BCUT2D eigenvalue weighted by Crippen LogP contribution is -2.40. The Labute approximate surface area is 165 Å². The van der Waals surface area contributed by atoms with Crippen molar-refractivity contribution in [2.75, 3.05) is 0 Å². The minimum Gasteiger partial charge on any atom is -0.356 e. The molecule has 1 aliphatic carbocycles. The lowest BCUT2D eigenvalue weighted by Gasteiger charge is -2.30. The summed E-state index contributed by atoms with van der Waals surface area (Å²) < 4.78 is 0.887. The molecule has 1 aromatic carbocycles. The summed E-state index contributed by atoms with van der Waals surface area (Å²) in [5.41, 5.74) is -0.201. The number of carbonyl (C=O) groups is 1. The van der Waals surface area contributed by atoms with Gasteiger partial charge in [0.25, 0.3) is 0 Å². The second kappa shape index (κ2) is 6.38. The van der Waals surface area contributed by atoms with Crippen LogP contribution in [0, 0.1) is 45.3 Å². The Balaban J connectivity index is 1.92. The molecular weight excluding hydrogens is 404 g/mol. The van der Waals surface area contributed by atoms with Crippen LogP contribution in [-0.4, -0.2) is 22.8 Å². The molecule has 0 radical (unpaired) electrons. The van der Waals surface area contributed by atoms with E-state index in [0.29, 0.717) is 5.57 Å². The summed E-state index contributed by atoms with van der Waals surface area (Å²) in [6.07, 6.45) is 6.68. The molecule has 0 unspecified atom stereocenters. The van der Waals surface area contributed by atoms with Gasteiger partial charge in [-0.2, -0.15) is 15.8 Å². The van der Waals surface area contributed by atoms with E-state index in [1.165, 1.54) is 0 Å². The minimum atomic E-state index is -1.41. The van der Waals surface area contributed by atoms with Gasteiger partial charge >= 0.3 is 0 Å². The predicted octanol–water partition coefficient (Wildman–Crippen LogP) is 3.58. The molecule has 0 bridgehead atoms. The van der Waals surface area contributed by atoms with Crippen LogP contribution >= 0.6 is 15.9 Å². The molecular formula is C21H15BrN4O. The molecule has 2 fully saturated rings. The normalized spacial score (nSPS) is 27.7. The lowest BCUT2D eigenvalue weighted by atomic mass is 9.69. The summed E-state index contributed by atoms with van der Waals surface area (Å²) in [6, 6.07) is 12.8. The third-order valence-corrected chi connectivity index (χ3v) is 6.19. The number of hydrogen-bond donors (Lipinski definition) is 0. The maximum atomic E-state index is 13.2. The van der Waals surface area contributed by atoms with Gasteiger partial charge < -0.3 is 4.90 Å². The topological polar surface area (TPSA) is 91.7 Å². The third-order valence-electron chi connectivity index (χ3n) is 5.66. The standard InChI is InChI=1S/C21H15BrN4O/c22-16-6-4-14(5-7-16)18-19(20(27)15-2-3-15)26-10-13(9-23)1-8-17(26)21(18,11-24)12-25/h1,4-8,10,15,17-19H,2-3H2/t17-,18-,19+/m1/s1. The number of fused-ring (bicyclic) bond motifs is 1. The number of ketones is 1. The van der Waals surface area contributed by atoms with Crippen molar-refractivity contribution in [3.8, 4) is 18.2 Å². The number of nitrogens with zero attached hydrogens (tertiary/aromatic N) is 4. The zero-order valence-corrected chi connectivity index (χ0v) is 15.9. The largest absolute Gasteiger partial charge is 0.356 e. The van der Waals surface area contributed by atoms with Gasteiger partial charge in [-0.1, -0.05) is 34.1 Å². The van der Waals surface area contributed by atoms with E-state index >= 15 is 0 Å². The first-order chi connectivity index (χ1) is 13.1. The van der Waals surface area contributed by atoms with Crippen LogP contribution in [0.3, 0.4) is 0 Å². The van der Waals surface area contributed by atoms with Crippen LogP contribution < -0.4 is 0 Å². The highest BCUT2D eigenvalue weighted by atomic mass is 79.9. The van der Waals surface area contributed by atoms with E-state index < -0.39 is 23.4 Å². The summed E-state index contributed by atoms with van der Waals surface area (Å²) in [6.45, 7) is 0. The van der Waals surface area contributed by atoms with E-state index in [1.54, 1.807) is 23.3 Å². The molecule has 132 valence electrons. The van der Waals surface area contributed by atoms with Gasteiger partial charge in [-0.05, 0) is 36.6 Å². The molecule has 6 heteroatoms. The molecule has 1 aromatic rings. The highest BCUT2D eigenvalue weighted by Crippen LogP contribution is 2.54. The molecule has 4 rings (SSSR count). The maximum Gasteiger partial charge on any atom is 0.176 e. The van der Waals surface area contributed by atoms with Crippen LogP contribution in [0.1, 0.15) is 24.3 Å². The summed E-state index contributed by atoms with van der Waals surface area (Å²) in [4.78, 5) is 15.0. The van der Waals surface area contributed by atoms with Crippen LogP contribution in [0.15, 0.2) is 52.7 Å². The Bertz CT molecular complexity index is 971. The Morgan fingerprint density at radius 3 is 2.37 bits per heavy atom. The summed E-state index contributed by atoms with van der Waals surface area (Å²) in [7, 11) is 0. The van der Waals surface area contributed by atoms with Crippen LogP contribution in [0.5, 0.6) is 0 Å². The van der Waals surface area contributed by atoms with Gasteiger partial charge in [0.15, 0.2) is 11.2 Å². The molecule has 3 atom stereocenters. The van der Waals surface area contributed by atoms with Crippen molar-refractivity contribution < 1.29 is 4.79 Å². The Hall–Kier alpha value is -2.88. The number of Topliss-reactive ketones (excluding diaryl/α,β-unsaturated/α-hetero) is 1. The number of hydrogen-bond acceptors (Lipinski definition) is 5. The first kappa shape index (κ1) is 17.5. The maximum absolute atomic E-state index is 13.2. The average molecular weight is 419 g/mol. The third kappa shape index (κ3) is 2.59. The fourth-order valence-electron chi connectivity index (χ4n) is 4.22. The van der Waals surface area contributed by atoms with Gasteiger partial charge in [0.2, 0.25) is 0 Å². The van der Waals surface area contributed by atoms with E-state index in [0.717, 1.165) is 22.9 Å². The van der Waals surface area contributed by atoms with Crippen molar-refractivity contribution in [3.63, 3.8) is 0 Å². The minimum absolute atomic E-state index is 0.0216. The number of nitriles is 3. The SMILES string of the molecule is N#CC1=CN2[C@H](C(=O)C3CC3)[C@@H](c3ccc(Br)cc3)C(C#N)(C#N)[C@H]2C=C1. The Morgan fingerprint density at radius 1 is 1.15 bits per heavy atom. The highest BCUT2D eigenvalue weighted by Gasteiger charge is 2.63. The number of halogens is 1. The number of allylic oxidation sites excluding steroid dienone is 2. The Kier molecular flexibility index (Phi) is 4.14. The molecule has 0 aromatic heterocycles. The molecule has 2 aliphatic heterocycles. The Morgan fingerprint density at radius 2 is 1.81 bits per heavy atom. The van der Waals surface area contributed by atoms with E-state index in [2.05, 4.69) is 34.1 Å². The lowest BCUT2D eigenvalue weighted by molar-refractivity contribution is -0.124. The fraction of sp³-hybridized carbons (Fsp3) is 0.333. The van der Waals surface area contributed by atoms with Gasteiger partial charge in [-0.15, -0.1) is 0 Å². The molecule has 0 spiro atoms. The molecule has 2 heterocycles. The summed E-state index contributed by atoms with van der Waals surface area (Å²) >= 11 is 3.41. The molecule has 3 aliphatic rings. The van der Waals surface area contributed by atoms with E-state index in [1.807, 2.05) is 24.3 Å². The van der Waals surface area contributed by atoms with E-state index in [9.17, 15) is 20.6 Å². The van der Waals surface area contributed by atoms with E-state index in [4.69, 9.17) is 0 Å². The smallest absolute Gasteiger partial charge is 0.176 e. The zero-order valence-electron chi connectivity index (χ0n) is 14.3. The molecule has 1 saturated carbocycles. The molecule has 1 saturated heterocycles. The van der Waals surface area contributed by atoms with Gasteiger partial charge in [0, 0.05) is 22.5 Å². The van der Waals surface area contributed by atoms with Crippen molar-refractivity contribution in [1.29, 1.82) is 15.8 Å². The molecule has 0 amide bonds. The van der Waals surface area contributed by atoms with Gasteiger partial charge in [-0.25, -0.2) is 0 Å². The number of rotatable bonds is 3. The monoisotopic (exact) mass is 418 g/mol. The number of benzene rings is 1. The molecule has 0 N–H and O–H groups in total. The van der Waals surface area contributed by atoms with Crippen molar-refractivity contribution in [2.45, 2.75) is 30.8 Å². The fourth-order valence-corrected chi connectivity index (χ4v) is 4.49. The summed E-state index contributed by atoms with van der Waals surface area (Å²) in [5, 5.41) is 29.5.